The Balaban J connectivity index is 2.49. The van der Waals surface area contributed by atoms with Gasteiger partial charge in [-0.1, -0.05) is 6.07 Å². The number of carbonyl (C=O) groups excluding carboxylic acids is 1. The highest BCUT2D eigenvalue weighted by Crippen LogP contribution is 2.35. The van der Waals surface area contributed by atoms with Crippen LogP contribution < -0.4 is 14.2 Å². The molecule has 0 unspecified atom stereocenters. The number of rotatable bonds is 6. The summed E-state index contributed by atoms with van der Waals surface area (Å²) in [5, 5.41) is 3.26. The van der Waals surface area contributed by atoms with Gasteiger partial charge in [-0.2, -0.15) is 21.6 Å². The topological polar surface area (TPSA) is 81.7 Å². The molecule has 0 saturated heterocycles. The van der Waals surface area contributed by atoms with Gasteiger partial charge in [0.2, 0.25) is 5.91 Å². The van der Waals surface area contributed by atoms with Crippen molar-refractivity contribution in [3.05, 3.63) is 35.9 Å². The van der Waals surface area contributed by atoms with Crippen LogP contribution in [0.25, 0.3) is 10.8 Å². The molecule has 0 aliphatic carbocycles. The van der Waals surface area contributed by atoms with Gasteiger partial charge in [0.15, 0.2) is 5.75 Å². The lowest BCUT2D eigenvalue weighted by molar-refractivity contribution is -0.118. The summed E-state index contributed by atoms with van der Waals surface area (Å²) >= 11 is 0. The molecule has 0 aliphatic rings. The number of halogens is 3. The van der Waals surface area contributed by atoms with E-state index in [9.17, 15) is 26.4 Å². The molecule has 0 atom stereocenters. The fraction of sp³-hybridized carbons (Fsp3) is 0.312. The summed E-state index contributed by atoms with van der Waals surface area (Å²) in [5.74, 6) is -0.222. The molecular formula is C16H16F3NO5S. The summed E-state index contributed by atoms with van der Waals surface area (Å²) in [7, 11) is -4.36. The van der Waals surface area contributed by atoms with Crippen LogP contribution in [0.4, 0.5) is 13.2 Å². The van der Waals surface area contributed by atoms with Gasteiger partial charge in [0, 0.05) is 18.9 Å². The Morgan fingerprint density at radius 1 is 1.15 bits per heavy atom. The van der Waals surface area contributed by atoms with Gasteiger partial charge in [-0.25, -0.2) is 0 Å². The van der Waals surface area contributed by atoms with Crippen molar-refractivity contribution >= 4 is 26.8 Å². The first-order valence-electron chi connectivity index (χ1n) is 7.40. The molecule has 10 heteroatoms. The molecule has 2 rings (SSSR count). The lowest BCUT2D eigenvalue weighted by atomic mass is 10.0. The van der Waals surface area contributed by atoms with Crippen LogP contribution in [0.5, 0.6) is 11.5 Å². The number of alkyl halides is 3. The molecular weight excluding hydrogens is 375 g/mol. The zero-order valence-corrected chi connectivity index (χ0v) is 14.7. The third kappa shape index (κ3) is 4.37. The molecule has 0 saturated carbocycles. The highest BCUT2D eigenvalue weighted by Gasteiger charge is 2.48. The second kappa shape index (κ2) is 7.40. The molecule has 0 heterocycles. The summed E-state index contributed by atoms with van der Waals surface area (Å²) < 4.78 is 69.8. The van der Waals surface area contributed by atoms with Crippen molar-refractivity contribution in [2.75, 3.05) is 13.7 Å². The number of fused-ring (bicyclic) bond motifs is 1. The van der Waals surface area contributed by atoms with Crippen LogP contribution in [0, 0.1) is 0 Å². The van der Waals surface area contributed by atoms with E-state index in [1.165, 1.54) is 32.2 Å². The lowest BCUT2D eigenvalue weighted by Crippen LogP contribution is -2.28. The number of hydrogen-bond donors (Lipinski definition) is 1. The smallest absolute Gasteiger partial charge is 0.497 e. The minimum Gasteiger partial charge on any atom is -0.497 e. The van der Waals surface area contributed by atoms with Gasteiger partial charge in [0.25, 0.3) is 0 Å². The monoisotopic (exact) mass is 391 g/mol. The Morgan fingerprint density at radius 2 is 1.85 bits per heavy atom. The van der Waals surface area contributed by atoms with Crippen LogP contribution in [0.3, 0.4) is 0 Å². The highest BCUT2D eigenvalue weighted by molar-refractivity contribution is 7.88. The first-order valence-corrected chi connectivity index (χ1v) is 8.81. The van der Waals surface area contributed by atoms with Gasteiger partial charge in [0.05, 0.1) is 7.11 Å². The zero-order valence-electron chi connectivity index (χ0n) is 13.9. The van der Waals surface area contributed by atoms with Gasteiger partial charge in [-0.05, 0) is 41.6 Å². The SMILES string of the molecule is COc1ccc2c(OS(=O)(=O)C(F)(F)F)ccc(CCNC(C)=O)c2c1. The molecule has 2 aromatic rings. The number of amides is 1. The minimum absolute atomic E-state index is 0.180. The van der Waals surface area contributed by atoms with E-state index in [-0.39, 0.29) is 11.3 Å². The van der Waals surface area contributed by atoms with Gasteiger partial charge in [-0.3, -0.25) is 4.79 Å². The number of ether oxygens (including phenoxy) is 1. The molecule has 6 nitrogen and oxygen atoms in total. The van der Waals surface area contributed by atoms with Crippen molar-refractivity contribution in [3.63, 3.8) is 0 Å². The molecule has 1 amide bonds. The first-order chi connectivity index (χ1) is 12.0. The fourth-order valence-corrected chi connectivity index (χ4v) is 2.79. The summed E-state index contributed by atoms with van der Waals surface area (Å²) in [6, 6.07) is 7.06. The van der Waals surface area contributed by atoms with Crippen LogP contribution in [-0.4, -0.2) is 33.5 Å². The minimum atomic E-state index is -5.79. The average molecular weight is 391 g/mol. The summed E-state index contributed by atoms with van der Waals surface area (Å²) in [5.41, 5.74) is -4.85. The first kappa shape index (κ1) is 19.8. The Labute approximate surface area is 148 Å². The third-order valence-electron chi connectivity index (χ3n) is 3.53. The van der Waals surface area contributed by atoms with E-state index in [1.807, 2.05) is 0 Å². The Kier molecular flexibility index (Phi) is 5.65. The third-order valence-corrected chi connectivity index (χ3v) is 4.49. The van der Waals surface area contributed by atoms with Crippen LogP contribution >= 0.6 is 0 Å². The van der Waals surface area contributed by atoms with Gasteiger partial charge in [-0.15, -0.1) is 0 Å². The number of methoxy groups -OCH3 is 1. The molecule has 0 aliphatic heterocycles. The molecule has 0 bridgehead atoms. The van der Waals surface area contributed by atoms with Gasteiger partial charge < -0.3 is 14.2 Å². The van der Waals surface area contributed by atoms with Crippen molar-refractivity contribution in [1.82, 2.24) is 5.32 Å². The van der Waals surface area contributed by atoms with Crippen molar-refractivity contribution < 1.29 is 35.3 Å². The van der Waals surface area contributed by atoms with E-state index in [2.05, 4.69) is 9.50 Å². The van der Waals surface area contributed by atoms with Crippen LogP contribution in [0.2, 0.25) is 0 Å². The van der Waals surface area contributed by atoms with Crippen LogP contribution in [0.15, 0.2) is 30.3 Å². The molecule has 0 fully saturated rings. The van der Waals surface area contributed by atoms with E-state index in [4.69, 9.17) is 4.74 Å². The standard InChI is InChI=1S/C16H16F3NO5S/c1-10(21)20-8-7-11-3-6-15(25-26(22,23)16(17,18)19)13-5-4-12(24-2)9-14(11)13/h3-6,9H,7-8H2,1-2H3,(H,20,21). The zero-order chi connectivity index (χ0) is 19.5. The number of benzene rings is 2. The van der Waals surface area contributed by atoms with E-state index in [1.54, 1.807) is 6.07 Å². The second-order valence-electron chi connectivity index (χ2n) is 5.35. The fourth-order valence-electron chi connectivity index (χ4n) is 2.32. The predicted octanol–water partition coefficient (Wildman–Crippen LogP) is 2.76. The van der Waals surface area contributed by atoms with Crippen LogP contribution in [0.1, 0.15) is 12.5 Å². The Hall–Kier alpha value is -2.49. The average Bonchev–Trinajstić information content (AvgIpc) is 2.54. The molecule has 2 aromatic carbocycles. The van der Waals surface area contributed by atoms with Crippen molar-refractivity contribution in [2.45, 2.75) is 18.9 Å². The summed E-state index contributed by atoms with van der Waals surface area (Å²) in [4.78, 5) is 11.0. The van der Waals surface area contributed by atoms with E-state index in [0.717, 1.165) is 6.07 Å². The highest BCUT2D eigenvalue weighted by atomic mass is 32.2. The van der Waals surface area contributed by atoms with Crippen molar-refractivity contribution in [3.8, 4) is 11.5 Å². The molecule has 0 radical (unpaired) electrons. The summed E-state index contributed by atoms with van der Waals surface area (Å²) in [6.45, 7) is 1.67. The van der Waals surface area contributed by atoms with Gasteiger partial charge >= 0.3 is 15.6 Å². The maximum Gasteiger partial charge on any atom is 0.534 e. The molecule has 0 aromatic heterocycles. The Morgan fingerprint density at radius 3 is 2.42 bits per heavy atom. The normalized spacial score (nSPS) is 12.0. The maximum absolute atomic E-state index is 12.6. The Bertz CT molecular complexity index is 925. The van der Waals surface area contributed by atoms with Gasteiger partial charge in [0.1, 0.15) is 5.75 Å². The molecule has 0 spiro atoms. The largest absolute Gasteiger partial charge is 0.534 e. The van der Waals surface area contributed by atoms with Crippen molar-refractivity contribution in [1.29, 1.82) is 0 Å². The van der Waals surface area contributed by atoms with Crippen LogP contribution in [-0.2, 0) is 21.3 Å². The van der Waals surface area contributed by atoms with E-state index < -0.39 is 21.4 Å². The van der Waals surface area contributed by atoms with E-state index in [0.29, 0.717) is 29.7 Å². The number of nitrogens with one attached hydrogen (secondary N) is 1. The van der Waals surface area contributed by atoms with E-state index >= 15 is 0 Å². The quantitative estimate of drug-likeness (QED) is 0.605. The molecule has 26 heavy (non-hydrogen) atoms. The summed E-state index contributed by atoms with van der Waals surface area (Å²) in [6.07, 6.45) is 0.384. The van der Waals surface area contributed by atoms with Crippen molar-refractivity contribution in [2.24, 2.45) is 0 Å². The second-order valence-corrected chi connectivity index (χ2v) is 6.89. The lowest BCUT2D eigenvalue weighted by Gasteiger charge is -2.14. The maximum atomic E-state index is 12.6. The number of hydrogen-bond acceptors (Lipinski definition) is 5. The predicted molar refractivity (Wildman–Crippen MR) is 88.5 cm³/mol. The molecule has 142 valence electrons. The number of carbonyl (C=O) groups is 1. The molecule has 1 N–H and O–H groups in total.